The lowest BCUT2D eigenvalue weighted by atomic mass is 9.93. The molecule has 2 fully saturated rings. The smallest absolute Gasteiger partial charge is 0.255 e. The fourth-order valence-corrected chi connectivity index (χ4v) is 4.45. The number of ketones is 1. The summed E-state index contributed by atoms with van der Waals surface area (Å²) in [4.78, 5) is 23.0. The number of aromatic nitrogens is 1. The number of halogens is 2. The van der Waals surface area contributed by atoms with Crippen LogP contribution in [0.1, 0.15) is 37.7 Å². The minimum Gasteiger partial charge on any atom is -0.491 e. The molecular weight excluding hydrogens is 452 g/mol. The van der Waals surface area contributed by atoms with E-state index < -0.39 is 11.8 Å². The van der Waals surface area contributed by atoms with Gasteiger partial charge in [0, 0.05) is 37.6 Å². The van der Waals surface area contributed by atoms with Crippen LogP contribution in [0.15, 0.2) is 59.2 Å². The summed E-state index contributed by atoms with van der Waals surface area (Å²) in [7, 11) is 0. The summed E-state index contributed by atoms with van der Waals surface area (Å²) in [6, 6.07) is 11.6. The molecule has 184 valence electrons. The number of anilines is 1. The van der Waals surface area contributed by atoms with E-state index in [4.69, 9.17) is 9.47 Å². The molecule has 2 aromatic rings. The second-order valence-corrected chi connectivity index (χ2v) is 9.55. The summed E-state index contributed by atoms with van der Waals surface area (Å²) >= 11 is 0. The molecule has 1 saturated carbocycles. The zero-order valence-corrected chi connectivity index (χ0v) is 19.7. The van der Waals surface area contributed by atoms with Gasteiger partial charge in [0.25, 0.3) is 5.92 Å². The van der Waals surface area contributed by atoms with Crippen molar-refractivity contribution in [3.05, 3.63) is 59.8 Å². The van der Waals surface area contributed by atoms with E-state index in [1.807, 2.05) is 36.4 Å². The van der Waals surface area contributed by atoms with Crippen molar-refractivity contribution in [2.45, 2.75) is 44.1 Å². The first-order chi connectivity index (χ1) is 16.9. The van der Waals surface area contributed by atoms with Crippen LogP contribution >= 0.6 is 0 Å². The molecule has 0 bridgehead atoms. The monoisotopic (exact) mass is 481 g/mol. The van der Waals surface area contributed by atoms with Crippen LogP contribution < -0.4 is 14.4 Å². The highest BCUT2D eigenvalue weighted by Crippen LogP contribution is 2.48. The minimum atomic E-state index is -2.57. The van der Waals surface area contributed by atoms with Gasteiger partial charge in [0.1, 0.15) is 23.4 Å². The van der Waals surface area contributed by atoms with E-state index >= 15 is 0 Å². The summed E-state index contributed by atoms with van der Waals surface area (Å²) in [5, 5.41) is 0. The van der Waals surface area contributed by atoms with Crippen molar-refractivity contribution in [2.75, 3.05) is 31.1 Å². The zero-order chi connectivity index (χ0) is 24.4. The van der Waals surface area contributed by atoms with Gasteiger partial charge >= 0.3 is 0 Å². The number of alkyl halides is 2. The number of allylic oxidation sites excluding steroid dienone is 1. The maximum atomic E-state index is 13.0. The number of Topliss-reactive ketones (excluding diaryl/α,β-unsaturated/α-hetero) is 1. The van der Waals surface area contributed by atoms with Gasteiger partial charge in [-0.2, -0.15) is 0 Å². The van der Waals surface area contributed by atoms with Gasteiger partial charge in [0.2, 0.25) is 0 Å². The van der Waals surface area contributed by atoms with E-state index in [-0.39, 0.29) is 30.8 Å². The van der Waals surface area contributed by atoms with Gasteiger partial charge in [-0.3, -0.25) is 9.79 Å². The Morgan fingerprint density at radius 3 is 2.63 bits per heavy atom. The van der Waals surface area contributed by atoms with E-state index in [9.17, 15) is 13.6 Å². The van der Waals surface area contributed by atoms with Crippen molar-refractivity contribution in [3.8, 4) is 11.5 Å². The number of carbonyl (C=O) groups excluding carboxylic acids is 1. The Bertz CT molecular complexity index is 1120. The van der Waals surface area contributed by atoms with Gasteiger partial charge in [-0.05, 0) is 35.7 Å². The van der Waals surface area contributed by atoms with Crippen LogP contribution in [0.4, 0.5) is 14.6 Å². The Morgan fingerprint density at radius 2 is 1.97 bits per heavy atom. The Balaban J connectivity index is 1.09. The average molecular weight is 482 g/mol. The second kappa shape index (κ2) is 9.76. The number of carbonyl (C=O) groups is 1. The van der Waals surface area contributed by atoms with Crippen LogP contribution in [-0.2, 0) is 4.79 Å². The molecule has 3 atom stereocenters. The highest BCUT2D eigenvalue weighted by Gasteiger charge is 2.57. The Morgan fingerprint density at radius 1 is 1.20 bits per heavy atom. The number of benzene rings is 1. The summed E-state index contributed by atoms with van der Waals surface area (Å²) < 4.78 is 37.6. The van der Waals surface area contributed by atoms with Gasteiger partial charge in [-0.1, -0.05) is 25.1 Å². The Labute approximate surface area is 203 Å². The molecule has 1 saturated heterocycles. The average Bonchev–Trinajstić information content (AvgIpc) is 3.29. The van der Waals surface area contributed by atoms with Crippen molar-refractivity contribution >= 4 is 17.8 Å². The summed E-state index contributed by atoms with van der Waals surface area (Å²) in [6.45, 7) is 4.21. The molecule has 0 spiro atoms. The minimum absolute atomic E-state index is 0.0223. The molecule has 3 heterocycles. The third-order valence-electron chi connectivity index (χ3n) is 6.81. The van der Waals surface area contributed by atoms with E-state index in [0.29, 0.717) is 30.8 Å². The summed E-state index contributed by atoms with van der Waals surface area (Å²) in [5.74, 6) is -0.876. The number of nitrogens with zero attached hydrogens (tertiary/aromatic N) is 3. The van der Waals surface area contributed by atoms with Crippen molar-refractivity contribution in [1.82, 2.24) is 4.98 Å². The SMILES string of the molecule is C[C@H](CC(=O)C1=CCN=C1)c1ccc(OC2CCN(c3ccc(OC[C@H]4CC4(F)F)cn3)C2)cc1. The van der Waals surface area contributed by atoms with Crippen LogP contribution in [0.25, 0.3) is 0 Å². The van der Waals surface area contributed by atoms with Crippen LogP contribution in [0.2, 0.25) is 0 Å². The van der Waals surface area contributed by atoms with Gasteiger partial charge in [0.15, 0.2) is 5.78 Å². The highest BCUT2D eigenvalue weighted by molar-refractivity contribution is 6.14. The second-order valence-electron chi connectivity index (χ2n) is 9.55. The molecule has 8 heteroatoms. The lowest BCUT2D eigenvalue weighted by Gasteiger charge is -2.19. The molecule has 3 aliphatic rings. The summed E-state index contributed by atoms with van der Waals surface area (Å²) in [6.07, 6.45) is 6.40. The molecule has 1 aromatic carbocycles. The lowest BCUT2D eigenvalue weighted by molar-refractivity contribution is -0.115. The maximum absolute atomic E-state index is 13.0. The van der Waals surface area contributed by atoms with Crippen LogP contribution in [0.3, 0.4) is 0 Å². The van der Waals surface area contributed by atoms with Crippen molar-refractivity contribution in [3.63, 3.8) is 0 Å². The molecule has 1 aliphatic carbocycles. The molecule has 0 amide bonds. The quantitative estimate of drug-likeness (QED) is 0.486. The Hall–Kier alpha value is -3.29. The van der Waals surface area contributed by atoms with Crippen LogP contribution in [0, 0.1) is 5.92 Å². The molecule has 35 heavy (non-hydrogen) atoms. The molecule has 6 nitrogen and oxygen atoms in total. The van der Waals surface area contributed by atoms with Crippen molar-refractivity contribution in [2.24, 2.45) is 10.9 Å². The molecule has 5 rings (SSSR count). The van der Waals surface area contributed by atoms with Gasteiger partial charge in [0.05, 0.1) is 31.8 Å². The zero-order valence-electron chi connectivity index (χ0n) is 19.7. The van der Waals surface area contributed by atoms with Crippen LogP contribution in [0.5, 0.6) is 11.5 Å². The van der Waals surface area contributed by atoms with Gasteiger partial charge in [-0.15, -0.1) is 0 Å². The number of ether oxygens (including phenoxy) is 2. The Kier molecular flexibility index (Phi) is 6.54. The van der Waals surface area contributed by atoms with E-state index in [1.165, 1.54) is 0 Å². The number of hydrogen-bond acceptors (Lipinski definition) is 6. The van der Waals surface area contributed by atoms with E-state index in [1.54, 1.807) is 18.5 Å². The van der Waals surface area contributed by atoms with Crippen molar-refractivity contribution in [1.29, 1.82) is 0 Å². The third-order valence-corrected chi connectivity index (χ3v) is 6.81. The topological polar surface area (TPSA) is 64.0 Å². The molecule has 1 aromatic heterocycles. The first-order valence-electron chi connectivity index (χ1n) is 12.1. The van der Waals surface area contributed by atoms with E-state index in [0.717, 1.165) is 30.1 Å². The van der Waals surface area contributed by atoms with Gasteiger partial charge in [-0.25, -0.2) is 13.8 Å². The molecule has 0 radical (unpaired) electrons. The van der Waals surface area contributed by atoms with Gasteiger partial charge < -0.3 is 14.4 Å². The fraction of sp³-hybridized carbons (Fsp3) is 0.444. The highest BCUT2D eigenvalue weighted by atomic mass is 19.3. The first-order valence-corrected chi connectivity index (χ1v) is 12.1. The fourth-order valence-electron chi connectivity index (χ4n) is 4.45. The molecule has 0 N–H and O–H groups in total. The largest absolute Gasteiger partial charge is 0.491 e. The summed E-state index contributed by atoms with van der Waals surface area (Å²) in [5.41, 5.74) is 1.81. The number of rotatable bonds is 10. The van der Waals surface area contributed by atoms with Crippen LogP contribution in [-0.4, -0.2) is 55.2 Å². The standard InChI is InChI=1S/C27H29F2N3O3/c1-18(12-25(33)20-8-10-30-14-20)19-2-4-22(5-3-19)35-24-9-11-32(16-24)26-7-6-23(15-31-26)34-17-21-13-27(21,28)29/h2-8,14-15,18,21,24H,9-13,16-17H2,1H3/t18-,21-,24?/m1/s1. The number of hydrogen-bond donors (Lipinski definition) is 0. The molecule has 2 aliphatic heterocycles. The predicted molar refractivity (Wildman–Crippen MR) is 130 cm³/mol. The van der Waals surface area contributed by atoms with Crippen molar-refractivity contribution < 1.29 is 23.0 Å². The predicted octanol–water partition coefficient (Wildman–Crippen LogP) is 4.85. The molecular formula is C27H29F2N3O3. The number of aliphatic imine (C=N–C) groups is 1. The maximum Gasteiger partial charge on any atom is 0.255 e. The lowest BCUT2D eigenvalue weighted by Crippen LogP contribution is -2.25. The number of pyridine rings is 1. The normalized spacial score (nSPS) is 23.2. The molecule has 1 unspecified atom stereocenters. The van der Waals surface area contributed by atoms with E-state index in [2.05, 4.69) is 21.8 Å². The third kappa shape index (κ3) is 5.69. The first kappa shape index (κ1) is 23.5.